The van der Waals surface area contributed by atoms with Gasteiger partial charge in [0.25, 0.3) is 0 Å². The molecular weight excluding hydrogens is 216 g/mol. The Morgan fingerprint density at radius 2 is 1.56 bits per heavy atom. The summed E-state index contributed by atoms with van der Waals surface area (Å²) in [5, 5.41) is 0. The maximum Gasteiger partial charge on any atom is -0.0213 e. The fourth-order valence-electron chi connectivity index (χ4n) is 4.97. The van der Waals surface area contributed by atoms with Crippen molar-refractivity contribution in [3.8, 4) is 0 Å². The second-order valence-electron chi connectivity index (χ2n) is 7.29. The van der Waals surface area contributed by atoms with Crippen molar-refractivity contribution in [1.82, 2.24) is 0 Å². The zero-order valence-electron chi connectivity index (χ0n) is 13.8. The van der Waals surface area contributed by atoms with Gasteiger partial charge in [0.05, 0.1) is 0 Å². The van der Waals surface area contributed by atoms with E-state index in [4.69, 9.17) is 0 Å². The Kier molecular flexibility index (Phi) is 5.74. The van der Waals surface area contributed by atoms with Crippen LogP contribution in [-0.2, 0) is 0 Å². The van der Waals surface area contributed by atoms with Crippen molar-refractivity contribution in [1.29, 1.82) is 0 Å². The van der Waals surface area contributed by atoms with Crippen LogP contribution in [0.3, 0.4) is 0 Å². The van der Waals surface area contributed by atoms with Gasteiger partial charge >= 0.3 is 0 Å². The summed E-state index contributed by atoms with van der Waals surface area (Å²) in [7, 11) is 0. The lowest BCUT2D eigenvalue weighted by Crippen LogP contribution is -2.55. The minimum absolute atomic E-state index is 0.595. The van der Waals surface area contributed by atoms with E-state index in [1.165, 1.54) is 51.4 Å². The molecule has 0 saturated heterocycles. The quantitative estimate of drug-likeness (QED) is 0.466. The highest BCUT2D eigenvalue weighted by molar-refractivity contribution is 5.06. The number of hydrogen-bond acceptors (Lipinski definition) is 0. The molecule has 18 heavy (non-hydrogen) atoms. The van der Waals surface area contributed by atoms with E-state index in [-0.39, 0.29) is 0 Å². The fourth-order valence-corrected chi connectivity index (χ4v) is 4.97. The van der Waals surface area contributed by atoms with E-state index in [0.29, 0.717) is 10.8 Å². The Bertz CT molecular complexity index is 236. The minimum Gasteiger partial charge on any atom is -0.0654 e. The predicted molar refractivity (Wildman–Crippen MR) is 82.8 cm³/mol. The Morgan fingerprint density at radius 3 is 1.89 bits per heavy atom. The van der Waals surface area contributed by atoms with Gasteiger partial charge in [0.2, 0.25) is 0 Å². The third-order valence-electron chi connectivity index (χ3n) is 6.19. The maximum absolute atomic E-state index is 2.61. The lowest BCUT2D eigenvalue weighted by molar-refractivity contribution is -0.140. The highest BCUT2D eigenvalue weighted by atomic mass is 14.6. The average molecular weight is 252 g/mol. The smallest absolute Gasteiger partial charge is 0.0213 e. The Balaban J connectivity index is 2.92. The van der Waals surface area contributed by atoms with Crippen molar-refractivity contribution in [2.24, 2.45) is 22.7 Å². The van der Waals surface area contributed by atoms with Crippen LogP contribution in [0.25, 0.3) is 0 Å². The highest BCUT2D eigenvalue weighted by Gasteiger charge is 2.57. The van der Waals surface area contributed by atoms with Crippen molar-refractivity contribution >= 4 is 0 Å². The van der Waals surface area contributed by atoms with Crippen molar-refractivity contribution < 1.29 is 0 Å². The van der Waals surface area contributed by atoms with Crippen molar-refractivity contribution in [2.75, 3.05) is 0 Å². The molecule has 1 aliphatic carbocycles. The number of hydrogen-bond donors (Lipinski definition) is 0. The highest BCUT2D eigenvalue weighted by Crippen LogP contribution is 2.65. The molecule has 3 unspecified atom stereocenters. The monoisotopic (exact) mass is 252 g/mol. The Labute approximate surface area is 116 Å². The summed E-state index contributed by atoms with van der Waals surface area (Å²) in [5.74, 6) is 1.89. The third kappa shape index (κ3) is 2.63. The van der Waals surface area contributed by atoms with Gasteiger partial charge in [0.15, 0.2) is 0 Å². The van der Waals surface area contributed by atoms with E-state index in [2.05, 4.69) is 41.5 Å². The van der Waals surface area contributed by atoms with Crippen molar-refractivity contribution in [3.63, 3.8) is 0 Å². The van der Waals surface area contributed by atoms with E-state index < -0.39 is 0 Å². The molecule has 0 aliphatic heterocycles. The fraction of sp³-hybridized carbons (Fsp3) is 1.00. The first-order valence-electron chi connectivity index (χ1n) is 8.47. The third-order valence-corrected chi connectivity index (χ3v) is 6.19. The maximum atomic E-state index is 2.61. The molecule has 3 atom stereocenters. The molecule has 0 radical (unpaired) electrons. The summed E-state index contributed by atoms with van der Waals surface area (Å²) in [6, 6.07) is 0. The minimum atomic E-state index is 0.595. The SMILES string of the molecule is CCCCC1(C(C)(CCC)CCC)CC(C)C1C. The van der Waals surface area contributed by atoms with Gasteiger partial charge in [-0.1, -0.05) is 67.2 Å². The van der Waals surface area contributed by atoms with Crippen molar-refractivity contribution in [2.45, 2.75) is 92.9 Å². The second-order valence-corrected chi connectivity index (χ2v) is 7.29. The van der Waals surface area contributed by atoms with Crippen LogP contribution < -0.4 is 0 Å². The zero-order valence-corrected chi connectivity index (χ0v) is 13.8. The summed E-state index contributed by atoms with van der Waals surface area (Å²) in [5.41, 5.74) is 1.26. The molecule has 0 nitrogen and oxygen atoms in total. The molecule has 1 rings (SSSR count). The average Bonchev–Trinajstić information content (AvgIpc) is 2.34. The predicted octanol–water partition coefficient (Wildman–Crippen LogP) is 6.45. The van der Waals surface area contributed by atoms with Crippen LogP contribution in [0.5, 0.6) is 0 Å². The van der Waals surface area contributed by atoms with Crippen molar-refractivity contribution in [3.05, 3.63) is 0 Å². The molecule has 0 spiro atoms. The Hall–Kier alpha value is 0. The number of unbranched alkanes of at least 4 members (excludes halogenated alkanes) is 1. The van der Waals surface area contributed by atoms with E-state index in [1.54, 1.807) is 0 Å². The van der Waals surface area contributed by atoms with Gasteiger partial charge in [-0.05, 0) is 48.3 Å². The van der Waals surface area contributed by atoms with Gasteiger partial charge in [-0.2, -0.15) is 0 Å². The van der Waals surface area contributed by atoms with Gasteiger partial charge in [-0.3, -0.25) is 0 Å². The molecule has 0 heteroatoms. The largest absolute Gasteiger partial charge is 0.0654 e. The van der Waals surface area contributed by atoms with Crippen LogP contribution in [0.15, 0.2) is 0 Å². The summed E-state index contributed by atoms with van der Waals surface area (Å²) >= 11 is 0. The van der Waals surface area contributed by atoms with E-state index in [9.17, 15) is 0 Å². The summed E-state index contributed by atoms with van der Waals surface area (Å²) in [4.78, 5) is 0. The van der Waals surface area contributed by atoms with Gasteiger partial charge < -0.3 is 0 Å². The van der Waals surface area contributed by atoms with Crippen LogP contribution in [0.2, 0.25) is 0 Å². The van der Waals surface area contributed by atoms with E-state index in [1.807, 2.05) is 0 Å². The topological polar surface area (TPSA) is 0 Å². The molecule has 0 aromatic rings. The first-order valence-corrected chi connectivity index (χ1v) is 8.47. The molecule has 1 aliphatic rings. The van der Waals surface area contributed by atoms with Crippen LogP contribution >= 0.6 is 0 Å². The molecule has 0 aromatic heterocycles. The second kappa shape index (κ2) is 6.44. The molecule has 0 amide bonds. The Morgan fingerprint density at radius 1 is 1.00 bits per heavy atom. The number of rotatable bonds is 8. The zero-order chi connectivity index (χ0) is 13.8. The molecule has 0 heterocycles. The normalized spacial score (nSPS) is 32.3. The molecule has 108 valence electrons. The van der Waals surface area contributed by atoms with Gasteiger partial charge in [-0.15, -0.1) is 0 Å². The summed E-state index contributed by atoms with van der Waals surface area (Å²) in [6.45, 7) is 14.7. The van der Waals surface area contributed by atoms with Gasteiger partial charge in [-0.25, -0.2) is 0 Å². The van der Waals surface area contributed by atoms with Crippen LogP contribution in [0, 0.1) is 22.7 Å². The summed E-state index contributed by atoms with van der Waals surface area (Å²) in [6.07, 6.45) is 11.3. The van der Waals surface area contributed by atoms with Crippen LogP contribution in [-0.4, -0.2) is 0 Å². The van der Waals surface area contributed by atoms with Gasteiger partial charge in [0.1, 0.15) is 0 Å². The van der Waals surface area contributed by atoms with Crippen LogP contribution in [0.4, 0.5) is 0 Å². The first-order chi connectivity index (χ1) is 8.47. The van der Waals surface area contributed by atoms with E-state index >= 15 is 0 Å². The molecule has 0 aromatic carbocycles. The summed E-state index contributed by atoms with van der Waals surface area (Å²) < 4.78 is 0. The lowest BCUT2D eigenvalue weighted by Gasteiger charge is -2.63. The molecule has 0 bridgehead atoms. The lowest BCUT2D eigenvalue weighted by atomic mass is 9.42. The molecule has 0 N–H and O–H groups in total. The molecular formula is C18H36. The standard InChI is InChI=1S/C18H36/c1-7-10-13-18(14-15(4)16(18)5)17(6,11-8-2)12-9-3/h15-16H,7-14H2,1-6H3. The van der Waals surface area contributed by atoms with Gasteiger partial charge in [0, 0.05) is 0 Å². The van der Waals surface area contributed by atoms with E-state index in [0.717, 1.165) is 11.8 Å². The van der Waals surface area contributed by atoms with Crippen LogP contribution in [0.1, 0.15) is 92.9 Å². The molecule has 1 fully saturated rings. The molecule has 1 saturated carbocycles. The first kappa shape index (κ1) is 16.1.